The number of amides is 2. The monoisotopic (exact) mass is 303 g/mol. The van der Waals surface area contributed by atoms with Crippen LogP contribution in [0.5, 0.6) is 0 Å². The smallest absolute Gasteiger partial charge is 0.248 e. The van der Waals surface area contributed by atoms with Gasteiger partial charge in [-0.2, -0.15) is 0 Å². The number of pyridine rings is 1. The zero-order chi connectivity index (χ0) is 15.6. The zero-order valence-electron chi connectivity index (χ0n) is 12.8. The summed E-state index contributed by atoms with van der Waals surface area (Å²) in [7, 11) is 0. The molecule has 2 saturated heterocycles. The number of carbonyl (C=O) groups excluding carboxylic acids is 2. The summed E-state index contributed by atoms with van der Waals surface area (Å²) in [5.74, 6) is 0.0959. The maximum absolute atomic E-state index is 12.8. The van der Waals surface area contributed by atoms with Crippen molar-refractivity contribution in [1.82, 2.24) is 9.88 Å². The molecule has 6 nitrogen and oxygen atoms in total. The molecular formula is C16H21N3O3. The highest BCUT2D eigenvalue weighted by atomic mass is 16.5. The van der Waals surface area contributed by atoms with Gasteiger partial charge in [-0.15, -0.1) is 0 Å². The van der Waals surface area contributed by atoms with Crippen LogP contribution in [0.4, 0.5) is 5.69 Å². The van der Waals surface area contributed by atoms with Crippen molar-refractivity contribution in [2.45, 2.75) is 19.8 Å². The topological polar surface area (TPSA) is 62.7 Å². The van der Waals surface area contributed by atoms with E-state index in [1.165, 1.54) is 0 Å². The van der Waals surface area contributed by atoms with Gasteiger partial charge in [0.15, 0.2) is 0 Å². The first kappa shape index (κ1) is 15.0. The number of anilines is 1. The van der Waals surface area contributed by atoms with Gasteiger partial charge in [-0.3, -0.25) is 14.6 Å². The molecule has 2 fully saturated rings. The molecule has 1 aromatic rings. The number of ether oxygens (including phenoxy) is 1. The third kappa shape index (κ3) is 2.59. The molecule has 118 valence electrons. The molecule has 0 N–H and O–H groups in total. The predicted octanol–water partition coefficient (Wildman–Crippen LogP) is 1.07. The van der Waals surface area contributed by atoms with E-state index < -0.39 is 5.41 Å². The molecule has 0 radical (unpaired) electrons. The predicted molar refractivity (Wildman–Crippen MR) is 81.3 cm³/mol. The second kappa shape index (κ2) is 6.04. The quantitative estimate of drug-likeness (QED) is 0.835. The molecule has 0 saturated carbocycles. The van der Waals surface area contributed by atoms with Crippen LogP contribution in [0.25, 0.3) is 0 Å². The van der Waals surface area contributed by atoms with Crippen LogP contribution in [-0.2, 0) is 14.3 Å². The van der Waals surface area contributed by atoms with Crippen molar-refractivity contribution in [3.05, 3.63) is 24.5 Å². The van der Waals surface area contributed by atoms with E-state index in [1.807, 2.05) is 19.1 Å². The van der Waals surface area contributed by atoms with Crippen molar-refractivity contribution in [3.63, 3.8) is 0 Å². The van der Waals surface area contributed by atoms with Crippen LogP contribution in [0.1, 0.15) is 19.8 Å². The molecule has 2 aliphatic heterocycles. The van der Waals surface area contributed by atoms with E-state index in [2.05, 4.69) is 4.98 Å². The first-order valence-corrected chi connectivity index (χ1v) is 7.74. The van der Waals surface area contributed by atoms with Crippen LogP contribution >= 0.6 is 0 Å². The summed E-state index contributed by atoms with van der Waals surface area (Å²) in [4.78, 5) is 32.5. The van der Waals surface area contributed by atoms with E-state index in [9.17, 15) is 9.59 Å². The van der Waals surface area contributed by atoms with Gasteiger partial charge in [0.1, 0.15) is 6.61 Å². The number of likely N-dealkylation sites (tertiary alicyclic amines) is 1. The average molecular weight is 303 g/mol. The minimum Gasteiger partial charge on any atom is -0.372 e. The molecule has 3 heterocycles. The second-order valence-electron chi connectivity index (χ2n) is 5.90. The average Bonchev–Trinajstić information content (AvgIpc) is 3.12. The summed E-state index contributed by atoms with van der Waals surface area (Å²) in [6, 6.07) is 3.73. The molecule has 3 rings (SSSR count). The third-order valence-electron chi connectivity index (χ3n) is 4.61. The molecule has 1 atom stereocenters. The third-order valence-corrected chi connectivity index (χ3v) is 4.61. The Kier molecular flexibility index (Phi) is 4.11. The summed E-state index contributed by atoms with van der Waals surface area (Å²) in [5, 5.41) is 0. The molecule has 22 heavy (non-hydrogen) atoms. The Morgan fingerprint density at radius 1 is 1.41 bits per heavy atom. The summed E-state index contributed by atoms with van der Waals surface area (Å²) in [6.07, 6.45) is 4.94. The Morgan fingerprint density at radius 3 is 2.95 bits per heavy atom. The van der Waals surface area contributed by atoms with E-state index in [4.69, 9.17) is 4.74 Å². The lowest BCUT2D eigenvalue weighted by Crippen LogP contribution is -2.39. The number of aromatic nitrogens is 1. The zero-order valence-corrected chi connectivity index (χ0v) is 12.8. The van der Waals surface area contributed by atoms with Gasteiger partial charge in [0.25, 0.3) is 0 Å². The molecule has 0 aromatic carbocycles. The lowest BCUT2D eigenvalue weighted by atomic mass is 9.85. The van der Waals surface area contributed by atoms with E-state index in [0.29, 0.717) is 26.2 Å². The first-order valence-electron chi connectivity index (χ1n) is 7.74. The molecule has 0 aliphatic carbocycles. The van der Waals surface area contributed by atoms with Crippen LogP contribution < -0.4 is 4.90 Å². The fourth-order valence-electron chi connectivity index (χ4n) is 3.32. The van der Waals surface area contributed by atoms with E-state index in [-0.39, 0.29) is 18.4 Å². The van der Waals surface area contributed by atoms with E-state index in [0.717, 1.165) is 18.5 Å². The fraction of sp³-hybridized carbons (Fsp3) is 0.562. The van der Waals surface area contributed by atoms with Crippen molar-refractivity contribution in [3.8, 4) is 0 Å². The number of rotatable bonds is 4. The molecular weight excluding hydrogens is 282 g/mol. The lowest BCUT2D eigenvalue weighted by molar-refractivity contribution is -0.135. The SMILES string of the molecule is CCOCC(=O)N1CCC2(CCN(c3cccnc3)C2=O)C1. The van der Waals surface area contributed by atoms with Crippen molar-refractivity contribution < 1.29 is 14.3 Å². The van der Waals surface area contributed by atoms with Crippen LogP contribution in [0.2, 0.25) is 0 Å². The summed E-state index contributed by atoms with van der Waals surface area (Å²) in [6.45, 7) is 4.33. The maximum atomic E-state index is 12.8. The minimum absolute atomic E-state index is 0.0219. The molecule has 0 bridgehead atoms. The molecule has 2 aliphatic rings. The molecule has 2 amide bonds. The Labute approximate surface area is 130 Å². The van der Waals surface area contributed by atoms with Gasteiger partial charge in [0.05, 0.1) is 17.3 Å². The number of hydrogen-bond acceptors (Lipinski definition) is 4. The molecule has 1 spiro atoms. The van der Waals surface area contributed by atoms with E-state index >= 15 is 0 Å². The highest BCUT2D eigenvalue weighted by Crippen LogP contribution is 2.42. The van der Waals surface area contributed by atoms with Crippen molar-refractivity contribution in [2.24, 2.45) is 5.41 Å². The minimum atomic E-state index is -0.419. The summed E-state index contributed by atoms with van der Waals surface area (Å²) < 4.78 is 5.18. The maximum Gasteiger partial charge on any atom is 0.248 e. The standard InChI is InChI=1S/C16H21N3O3/c1-2-22-11-14(20)18-8-5-16(12-18)6-9-19(15(16)21)13-4-3-7-17-10-13/h3-4,7,10H,2,5-6,8-9,11-12H2,1H3. The first-order chi connectivity index (χ1) is 10.7. The van der Waals surface area contributed by atoms with Gasteiger partial charge in [-0.05, 0) is 31.9 Å². The fourth-order valence-corrected chi connectivity index (χ4v) is 3.32. The van der Waals surface area contributed by atoms with Gasteiger partial charge in [-0.1, -0.05) is 0 Å². The molecule has 6 heteroatoms. The van der Waals surface area contributed by atoms with Crippen LogP contribution in [0.15, 0.2) is 24.5 Å². The Hall–Kier alpha value is -1.95. The Morgan fingerprint density at radius 2 is 2.23 bits per heavy atom. The van der Waals surface area contributed by atoms with Crippen molar-refractivity contribution in [1.29, 1.82) is 0 Å². The van der Waals surface area contributed by atoms with Crippen molar-refractivity contribution >= 4 is 17.5 Å². The van der Waals surface area contributed by atoms with Crippen LogP contribution in [0, 0.1) is 5.41 Å². The lowest BCUT2D eigenvalue weighted by Gasteiger charge is -2.23. The normalized spacial score (nSPS) is 24.5. The highest BCUT2D eigenvalue weighted by molar-refractivity contribution is 6.00. The molecule has 1 unspecified atom stereocenters. The van der Waals surface area contributed by atoms with Gasteiger partial charge >= 0.3 is 0 Å². The summed E-state index contributed by atoms with van der Waals surface area (Å²) in [5.41, 5.74) is 0.418. The van der Waals surface area contributed by atoms with Gasteiger partial charge in [0, 0.05) is 32.4 Å². The number of nitrogens with zero attached hydrogens (tertiary/aromatic N) is 3. The highest BCUT2D eigenvalue weighted by Gasteiger charge is 2.51. The van der Waals surface area contributed by atoms with Gasteiger partial charge < -0.3 is 14.5 Å². The van der Waals surface area contributed by atoms with Gasteiger partial charge in [-0.25, -0.2) is 0 Å². The van der Waals surface area contributed by atoms with Crippen molar-refractivity contribution in [2.75, 3.05) is 37.7 Å². The molecule has 1 aromatic heterocycles. The number of carbonyl (C=O) groups is 2. The second-order valence-corrected chi connectivity index (χ2v) is 5.90. The summed E-state index contributed by atoms with van der Waals surface area (Å²) >= 11 is 0. The van der Waals surface area contributed by atoms with Crippen LogP contribution in [0.3, 0.4) is 0 Å². The van der Waals surface area contributed by atoms with Gasteiger partial charge in [0.2, 0.25) is 11.8 Å². The number of hydrogen-bond donors (Lipinski definition) is 0. The Balaban J connectivity index is 1.69. The van der Waals surface area contributed by atoms with E-state index in [1.54, 1.807) is 22.2 Å². The largest absolute Gasteiger partial charge is 0.372 e. The van der Waals surface area contributed by atoms with Crippen LogP contribution in [-0.4, -0.2) is 54.5 Å². The Bertz CT molecular complexity index is 563.